The van der Waals surface area contributed by atoms with Crippen LogP contribution < -0.4 is 0 Å². The molecule has 1 amide bonds. The number of imidazole rings is 1. The summed E-state index contributed by atoms with van der Waals surface area (Å²) in [5.41, 5.74) is 1.43. The molecule has 0 spiro atoms. The molecule has 0 aliphatic carbocycles. The number of hydrogen-bond donors (Lipinski definition) is 0. The Kier molecular flexibility index (Phi) is 3.61. The summed E-state index contributed by atoms with van der Waals surface area (Å²) in [6, 6.07) is 6.19. The lowest BCUT2D eigenvalue weighted by atomic mass is 9.93. The minimum Gasteiger partial charge on any atom is -0.339 e. The van der Waals surface area contributed by atoms with E-state index >= 15 is 0 Å². The third-order valence-electron chi connectivity index (χ3n) is 4.47. The van der Waals surface area contributed by atoms with Crippen LogP contribution in [0.25, 0.3) is 4.96 Å². The van der Waals surface area contributed by atoms with E-state index in [1.54, 1.807) is 34.4 Å². The van der Waals surface area contributed by atoms with Crippen LogP contribution >= 0.6 is 11.3 Å². The van der Waals surface area contributed by atoms with Gasteiger partial charge in [0.05, 0.1) is 5.56 Å². The predicted molar refractivity (Wildman–Crippen MR) is 87.3 cm³/mol. The van der Waals surface area contributed by atoms with Gasteiger partial charge in [-0.25, -0.2) is 9.37 Å². The fraction of sp³-hybridized carbons (Fsp3) is 0.294. The molecule has 1 aliphatic heterocycles. The van der Waals surface area contributed by atoms with Crippen LogP contribution in [0.5, 0.6) is 0 Å². The van der Waals surface area contributed by atoms with E-state index in [1.165, 1.54) is 11.8 Å². The summed E-state index contributed by atoms with van der Waals surface area (Å²) in [4.78, 5) is 19.5. The first kappa shape index (κ1) is 14.4. The van der Waals surface area contributed by atoms with Gasteiger partial charge in [-0.3, -0.25) is 9.20 Å². The maximum Gasteiger partial charge on any atom is 0.256 e. The number of fused-ring (bicyclic) bond motifs is 1. The van der Waals surface area contributed by atoms with Gasteiger partial charge in [0.2, 0.25) is 0 Å². The van der Waals surface area contributed by atoms with Crippen LogP contribution in [-0.4, -0.2) is 33.3 Å². The molecular formula is C17H16FN3OS. The zero-order valence-electron chi connectivity index (χ0n) is 12.5. The Morgan fingerprint density at radius 3 is 2.83 bits per heavy atom. The highest BCUT2D eigenvalue weighted by molar-refractivity contribution is 7.15. The minimum atomic E-state index is -0.447. The van der Waals surface area contributed by atoms with Crippen LogP contribution in [0.15, 0.2) is 42.0 Å². The highest BCUT2D eigenvalue weighted by atomic mass is 32.1. The van der Waals surface area contributed by atoms with Gasteiger partial charge in [-0.15, -0.1) is 11.3 Å². The lowest BCUT2D eigenvalue weighted by molar-refractivity contribution is 0.0707. The Balaban J connectivity index is 1.48. The van der Waals surface area contributed by atoms with E-state index in [-0.39, 0.29) is 11.5 Å². The molecule has 0 unspecified atom stereocenters. The van der Waals surface area contributed by atoms with Crippen LogP contribution in [0.2, 0.25) is 0 Å². The first-order valence-electron chi connectivity index (χ1n) is 7.68. The van der Waals surface area contributed by atoms with E-state index < -0.39 is 5.82 Å². The smallest absolute Gasteiger partial charge is 0.256 e. The summed E-state index contributed by atoms with van der Waals surface area (Å²) < 4.78 is 15.9. The van der Waals surface area contributed by atoms with Crippen molar-refractivity contribution in [2.45, 2.75) is 18.8 Å². The number of nitrogens with zero attached hydrogens (tertiary/aromatic N) is 3. The number of hydrogen-bond acceptors (Lipinski definition) is 3. The van der Waals surface area contributed by atoms with E-state index in [1.807, 2.05) is 12.4 Å². The number of piperidine rings is 1. The summed E-state index contributed by atoms with van der Waals surface area (Å²) in [7, 11) is 0. The lowest BCUT2D eigenvalue weighted by Gasteiger charge is -2.32. The molecule has 0 N–H and O–H groups in total. The van der Waals surface area contributed by atoms with Crippen molar-refractivity contribution in [3.05, 3.63) is 59.1 Å². The van der Waals surface area contributed by atoms with Gasteiger partial charge < -0.3 is 4.90 Å². The molecule has 3 heterocycles. The molecule has 0 saturated carbocycles. The molecule has 1 aromatic carbocycles. The van der Waals surface area contributed by atoms with Crippen molar-refractivity contribution in [2.75, 3.05) is 13.1 Å². The number of thiazole rings is 1. The van der Waals surface area contributed by atoms with E-state index in [2.05, 4.69) is 14.8 Å². The maximum absolute atomic E-state index is 13.8. The van der Waals surface area contributed by atoms with Crippen molar-refractivity contribution < 1.29 is 9.18 Å². The molecule has 6 heteroatoms. The number of amides is 1. The molecule has 1 saturated heterocycles. The quantitative estimate of drug-likeness (QED) is 0.721. The van der Waals surface area contributed by atoms with Crippen molar-refractivity contribution >= 4 is 22.2 Å². The minimum absolute atomic E-state index is 0.165. The summed E-state index contributed by atoms with van der Waals surface area (Å²) in [6.45, 7) is 1.31. The van der Waals surface area contributed by atoms with E-state index in [0.29, 0.717) is 19.0 Å². The normalized spacial score (nSPS) is 16.1. The number of halogens is 1. The molecule has 0 bridgehead atoms. The first-order chi connectivity index (χ1) is 11.2. The number of rotatable bonds is 2. The van der Waals surface area contributed by atoms with Crippen LogP contribution in [-0.2, 0) is 0 Å². The fourth-order valence-electron chi connectivity index (χ4n) is 3.22. The van der Waals surface area contributed by atoms with E-state index in [9.17, 15) is 9.18 Å². The Labute approximate surface area is 137 Å². The number of benzene rings is 1. The summed E-state index contributed by atoms with van der Waals surface area (Å²) >= 11 is 1.64. The van der Waals surface area contributed by atoms with Gasteiger partial charge in [-0.05, 0) is 25.0 Å². The highest BCUT2D eigenvalue weighted by Gasteiger charge is 2.27. The van der Waals surface area contributed by atoms with Crippen molar-refractivity contribution in [2.24, 2.45) is 0 Å². The number of carbonyl (C=O) groups is 1. The zero-order valence-corrected chi connectivity index (χ0v) is 13.3. The van der Waals surface area contributed by atoms with Gasteiger partial charge in [0.25, 0.3) is 5.91 Å². The van der Waals surface area contributed by atoms with Crippen molar-refractivity contribution in [1.29, 1.82) is 0 Å². The standard InChI is InChI=1S/C17H16FN3OS/c18-14-4-2-1-3-13(14)16(22)20-8-5-12(6-9-20)15-11-23-17-19-7-10-21(15)17/h1-4,7,10-12H,5-6,8-9H2. The molecule has 23 heavy (non-hydrogen) atoms. The Hall–Kier alpha value is -2.21. The molecule has 2 aromatic heterocycles. The third-order valence-corrected chi connectivity index (χ3v) is 5.35. The van der Waals surface area contributed by atoms with Gasteiger partial charge >= 0.3 is 0 Å². The number of carbonyl (C=O) groups excluding carboxylic acids is 1. The molecule has 118 valence electrons. The second-order valence-electron chi connectivity index (χ2n) is 5.79. The zero-order chi connectivity index (χ0) is 15.8. The average Bonchev–Trinajstić information content (AvgIpc) is 3.18. The van der Waals surface area contributed by atoms with Crippen LogP contribution in [0.4, 0.5) is 4.39 Å². The van der Waals surface area contributed by atoms with Crippen molar-refractivity contribution in [3.63, 3.8) is 0 Å². The Morgan fingerprint density at radius 1 is 1.26 bits per heavy atom. The molecule has 4 nitrogen and oxygen atoms in total. The van der Waals surface area contributed by atoms with Gasteiger partial charge in [0.1, 0.15) is 5.82 Å². The molecule has 0 radical (unpaired) electrons. The van der Waals surface area contributed by atoms with Crippen LogP contribution in [0, 0.1) is 5.82 Å². The number of likely N-dealkylation sites (tertiary alicyclic amines) is 1. The summed E-state index contributed by atoms with van der Waals surface area (Å²) in [6.07, 6.45) is 5.58. The van der Waals surface area contributed by atoms with Gasteiger partial charge in [0, 0.05) is 42.5 Å². The SMILES string of the molecule is O=C(c1ccccc1F)N1CCC(c2csc3nccn23)CC1. The maximum atomic E-state index is 13.8. The average molecular weight is 329 g/mol. The first-order valence-corrected chi connectivity index (χ1v) is 8.56. The van der Waals surface area contributed by atoms with E-state index in [0.717, 1.165) is 17.8 Å². The second kappa shape index (κ2) is 5.77. The predicted octanol–water partition coefficient (Wildman–Crippen LogP) is 3.55. The Bertz CT molecular complexity index is 848. The molecular weight excluding hydrogens is 313 g/mol. The summed E-state index contributed by atoms with van der Waals surface area (Å²) in [5.74, 6) is -0.236. The van der Waals surface area contributed by atoms with E-state index in [4.69, 9.17) is 0 Å². The van der Waals surface area contributed by atoms with Gasteiger partial charge in [0.15, 0.2) is 4.96 Å². The molecule has 1 fully saturated rings. The topological polar surface area (TPSA) is 37.6 Å². The monoisotopic (exact) mass is 329 g/mol. The highest BCUT2D eigenvalue weighted by Crippen LogP contribution is 2.31. The van der Waals surface area contributed by atoms with Crippen LogP contribution in [0.3, 0.4) is 0 Å². The number of aromatic nitrogens is 2. The van der Waals surface area contributed by atoms with Crippen LogP contribution in [0.1, 0.15) is 34.8 Å². The van der Waals surface area contributed by atoms with Gasteiger partial charge in [-0.2, -0.15) is 0 Å². The molecule has 1 aliphatic rings. The molecule has 3 aromatic rings. The fourth-order valence-corrected chi connectivity index (χ4v) is 4.15. The molecule has 0 atom stereocenters. The van der Waals surface area contributed by atoms with Crippen molar-refractivity contribution in [1.82, 2.24) is 14.3 Å². The second-order valence-corrected chi connectivity index (χ2v) is 6.62. The molecule has 4 rings (SSSR count). The Morgan fingerprint density at radius 2 is 2.04 bits per heavy atom. The largest absolute Gasteiger partial charge is 0.339 e. The third kappa shape index (κ3) is 2.53. The lowest BCUT2D eigenvalue weighted by Crippen LogP contribution is -2.38. The van der Waals surface area contributed by atoms with Crippen molar-refractivity contribution in [3.8, 4) is 0 Å². The summed E-state index contributed by atoms with van der Waals surface area (Å²) in [5, 5.41) is 2.15. The van der Waals surface area contributed by atoms with Gasteiger partial charge in [-0.1, -0.05) is 12.1 Å².